The van der Waals surface area contributed by atoms with Gasteiger partial charge in [0.05, 0.1) is 18.7 Å². The summed E-state index contributed by atoms with van der Waals surface area (Å²) in [6, 6.07) is 16.8. The first-order chi connectivity index (χ1) is 16.1. The van der Waals surface area contributed by atoms with Gasteiger partial charge in [0.25, 0.3) is 0 Å². The quantitative estimate of drug-likeness (QED) is 0.276. The molecule has 11 heteroatoms. The summed E-state index contributed by atoms with van der Waals surface area (Å²) < 4.78 is 11.1. The number of ether oxygens (including phenoxy) is 1. The zero-order valence-electron chi connectivity index (χ0n) is 17.5. The van der Waals surface area contributed by atoms with Crippen LogP contribution in [0.1, 0.15) is 23.4 Å². The van der Waals surface area contributed by atoms with E-state index in [9.17, 15) is 4.79 Å². The highest BCUT2D eigenvalue weighted by Crippen LogP contribution is 2.28. The Labute approximate surface area is 197 Å². The summed E-state index contributed by atoms with van der Waals surface area (Å²) in [5, 5.41) is 24.1. The van der Waals surface area contributed by atoms with Crippen molar-refractivity contribution in [3.8, 4) is 23.2 Å². The molecule has 166 valence electrons. The van der Waals surface area contributed by atoms with Crippen LogP contribution in [0.15, 0.2) is 57.4 Å². The van der Waals surface area contributed by atoms with Crippen molar-refractivity contribution in [2.24, 2.45) is 0 Å². The molecule has 0 spiro atoms. The predicted octanol–water partition coefficient (Wildman–Crippen LogP) is 4.33. The lowest BCUT2D eigenvalue weighted by Gasteiger charge is -1.99. The van der Waals surface area contributed by atoms with Crippen molar-refractivity contribution >= 4 is 34.1 Å². The number of thioether (sulfide) groups is 1. The van der Waals surface area contributed by atoms with Crippen LogP contribution in [-0.4, -0.2) is 33.4 Å². The average molecular weight is 479 g/mol. The van der Waals surface area contributed by atoms with Gasteiger partial charge in [0.15, 0.2) is 4.34 Å². The molecule has 0 radical (unpaired) electrons. The standard InChI is InChI=1S/C22H18N6O3S2/c1-30-17-8-6-16(7-9-17)20-25-19(31-28-20)11-10-18(29)24-21-26-27-22(33-21)32-13-15-4-2-14(12-23)3-5-15/h2-9H,10-11,13H2,1H3,(H,24,26,29). The summed E-state index contributed by atoms with van der Waals surface area (Å²) in [5.74, 6) is 2.07. The molecular weight excluding hydrogens is 460 g/mol. The number of benzene rings is 2. The van der Waals surface area contributed by atoms with Crippen molar-refractivity contribution in [3.63, 3.8) is 0 Å². The maximum Gasteiger partial charge on any atom is 0.227 e. The molecule has 0 bridgehead atoms. The zero-order chi connectivity index (χ0) is 23.0. The number of nitriles is 1. The summed E-state index contributed by atoms with van der Waals surface area (Å²) in [7, 11) is 1.60. The molecule has 9 nitrogen and oxygen atoms in total. The van der Waals surface area contributed by atoms with Crippen LogP contribution in [0.3, 0.4) is 0 Å². The molecule has 0 fully saturated rings. The van der Waals surface area contributed by atoms with Gasteiger partial charge in [-0.05, 0) is 42.0 Å². The highest BCUT2D eigenvalue weighted by Gasteiger charge is 2.13. The average Bonchev–Trinajstić information content (AvgIpc) is 3.51. The van der Waals surface area contributed by atoms with Crippen LogP contribution in [-0.2, 0) is 17.0 Å². The van der Waals surface area contributed by atoms with Crippen LogP contribution < -0.4 is 10.1 Å². The Hall–Kier alpha value is -3.75. The number of nitrogens with one attached hydrogen (secondary N) is 1. The summed E-state index contributed by atoms with van der Waals surface area (Å²) in [6.45, 7) is 0. The molecule has 2 aromatic heterocycles. The molecule has 0 atom stereocenters. The molecule has 0 aliphatic carbocycles. The van der Waals surface area contributed by atoms with Crippen LogP contribution in [0.25, 0.3) is 11.4 Å². The van der Waals surface area contributed by atoms with Crippen molar-refractivity contribution in [1.82, 2.24) is 20.3 Å². The molecule has 0 aliphatic heterocycles. The smallest absolute Gasteiger partial charge is 0.227 e. The van der Waals surface area contributed by atoms with E-state index in [1.165, 1.54) is 23.1 Å². The van der Waals surface area contributed by atoms with Crippen LogP contribution in [0, 0.1) is 11.3 Å². The van der Waals surface area contributed by atoms with Crippen LogP contribution in [0.4, 0.5) is 5.13 Å². The number of hydrogen-bond acceptors (Lipinski definition) is 10. The fraction of sp³-hybridized carbons (Fsp3) is 0.182. The highest BCUT2D eigenvalue weighted by atomic mass is 32.2. The largest absolute Gasteiger partial charge is 0.497 e. The predicted molar refractivity (Wildman–Crippen MR) is 124 cm³/mol. The van der Waals surface area contributed by atoms with Crippen LogP contribution in [0.2, 0.25) is 0 Å². The molecular formula is C22H18N6O3S2. The summed E-state index contributed by atoms with van der Waals surface area (Å²) >= 11 is 2.83. The number of nitrogens with zero attached hydrogens (tertiary/aromatic N) is 5. The molecule has 1 amide bonds. The van der Waals surface area contributed by atoms with E-state index >= 15 is 0 Å². The van der Waals surface area contributed by atoms with E-state index in [0.717, 1.165) is 21.2 Å². The second kappa shape index (κ2) is 10.7. The van der Waals surface area contributed by atoms with E-state index in [0.29, 0.717) is 34.6 Å². The Kier molecular flexibility index (Phi) is 7.29. The van der Waals surface area contributed by atoms with Gasteiger partial charge >= 0.3 is 0 Å². The van der Waals surface area contributed by atoms with Crippen LogP contribution >= 0.6 is 23.1 Å². The van der Waals surface area contributed by atoms with E-state index in [4.69, 9.17) is 14.5 Å². The Morgan fingerprint density at radius 1 is 1.18 bits per heavy atom. The van der Waals surface area contributed by atoms with Crippen molar-refractivity contribution < 1.29 is 14.1 Å². The van der Waals surface area contributed by atoms with Gasteiger partial charge in [-0.2, -0.15) is 10.2 Å². The number of rotatable bonds is 9. The Bertz CT molecular complexity index is 1260. The zero-order valence-corrected chi connectivity index (χ0v) is 19.2. The molecule has 0 aliphatic rings. The number of hydrogen-bond donors (Lipinski definition) is 1. The Balaban J connectivity index is 1.24. The van der Waals surface area contributed by atoms with Gasteiger partial charge in [0.1, 0.15) is 5.75 Å². The first-order valence-corrected chi connectivity index (χ1v) is 11.7. The highest BCUT2D eigenvalue weighted by molar-refractivity contribution is 8.00. The van der Waals surface area contributed by atoms with E-state index in [-0.39, 0.29) is 12.3 Å². The van der Waals surface area contributed by atoms with Gasteiger partial charge in [0.2, 0.25) is 22.8 Å². The van der Waals surface area contributed by atoms with Gasteiger partial charge in [-0.1, -0.05) is 40.4 Å². The minimum absolute atomic E-state index is 0.178. The van der Waals surface area contributed by atoms with Gasteiger partial charge in [-0.3, -0.25) is 4.79 Å². The van der Waals surface area contributed by atoms with Crippen molar-refractivity contribution in [3.05, 3.63) is 65.5 Å². The summed E-state index contributed by atoms with van der Waals surface area (Å²) in [5.41, 5.74) is 2.51. The Morgan fingerprint density at radius 2 is 1.97 bits per heavy atom. The molecule has 0 saturated heterocycles. The van der Waals surface area contributed by atoms with Crippen molar-refractivity contribution in [1.29, 1.82) is 5.26 Å². The normalized spacial score (nSPS) is 10.5. The molecule has 0 saturated carbocycles. The van der Waals surface area contributed by atoms with Crippen molar-refractivity contribution in [2.75, 3.05) is 12.4 Å². The molecule has 33 heavy (non-hydrogen) atoms. The summed E-state index contributed by atoms with van der Waals surface area (Å²) in [4.78, 5) is 16.6. The monoisotopic (exact) mass is 478 g/mol. The number of anilines is 1. The van der Waals surface area contributed by atoms with E-state index in [1.807, 2.05) is 36.4 Å². The molecule has 1 N–H and O–H groups in total. The molecule has 2 heterocycles. The number of methoxy groups -OCH3 is 1. The first kappa shape index (κ1) is 22.4. The lowest BCUT2D eigenvalue weighted by Crippen LogP contribution is -2.12. The minimum Gasteiger partial charge on any atom is -0.497 e. The second-order valence-corrected chi connectivity index (χ2v) is 8.96. The second-order valence-electron chi connectivity index (χ2n) is 6.76. The third-order valence-electron chi connectivity index (χ3n) is 4.48. The van der Waals surface area contributed by atoms with E-state index in [2.05, 4.69) is 31.7 Å². The number of aromatic nitrogens is 4. The van der Waals surface area contributed by atoms with Gasteiger partial charge in [0, 0.05) is 24.2 Å². The number of aryl methyl sites for hydroxylation is 1. The number of carbonyl (C=O) groups is 1. The maximum atomic E-state index is 12.3. The first-order valence-electron chi connectivity index (χ1n) is 9.85. The minimum atomic E-state index is -0.209. The molecule has 2 aromatic carbocycles. The van der Waals surface area contributed by atoms with Gasteiger partial charge in [-0.15, -0.1) is 10.2 Å². The van der Waals surface area contributed by atoms with Gasteiger partial charge in [-0.25, -0.2) is 0 Å². The van der Waals surface area contributed by atoms with Crippen LogP contribution in [0.5, 0.6) is 5.75 Å². The fourth-order valence-electron chi connectivity index (χ4n) is 2.76. The molecule has 0 unspecified atom stereocenters. The summed E-state index contributed by atoms with van der Waals surface area (Å²) in [6.07, 6.45) is 0.492. The van der Waals surface area contributed by atoms with E-state index < -0.39 is 0 Å². The Morgan fingerprint density at radius 3 is 2.70 bits per heavy atom. The molecule has 4 rings (SSSR count). The third kappa shape index (κ3) is 6.15. The lowest BCUT2D eigenvalue weighted by atomic mass is 10.2. The van der Waals surface area contributed by atoms with Gasteiger partial charge < -0.3 is 14.6 Å². The number of carbonyl (C=O) groups excluding carboxylic acids is 1. The topological polar surface area (TPSA) is 127 Å². The third-order valence-corrected chi connectivity index (χ3v) is 6.52. The fourth-order valence-corrected chi connectivity index (χ4v) is 4.48. The molecule has 4 aromatic rings. The number of amides is 1. The van der Waals surface area contributed by atoms with E-state index in [1.54, 1.807) is 19.2 Å². The van der Waals surface area contributed by atoms with Crippen molar-refractivity contribution in [2.45, 2.75) is 22.9 Å². The maximum absolute atomic E-state index is 12.3. The SMILES string of the molecule is COc1ccc(-c2noc(CCC(=O)Nc3nnc(SCc4ccc(C#N)cc4)s3)n2)cc1. The lowest BCUT2D eigenvalue weighted by molar-refractivity contribution is -0.116.